The SMILES string of the molecule is CC(=O)C(=O)OC(=O)C(C)O.[H-].[H-].[Na+].[Na+]. The minimum Gasteiger partial charge on any atom is -1.00 e. The monoisotopic (exact) mass is 208 g/mol. The Labute approximate surface area is 123 Å². The molecule has 1 unspecified atom stereocenters. The number of aliphatic hydroxyl groups is 1. The number of carbonyl (C=O) groups excluding carboxylic acids is 3. The Morgan fingerprint density at radius 1 is 1.31 bits per heavy atom. The number of hydrogen-bond acceptors (Lipinski definition) is 5. The molecule has 0 heterocycles. The number of ether oxygens (including phenoxy) is 1. The summed E-state index contributed by atoms with van der Waals surface area (Å²) in [5.74, 6) is -3.25. The fraction of sp³-hybridized carbons (Fsp3) is 0.500. The molecule has 0 bridgehead atoms. The number of rotatable bonds is 2. The molecule has 0 amide bonds. The predicted octanol–water partition coefficient (Wildman–Crippen LogP) is -6.74. The Morgan fingerprint density at radius 3 is 1.92 bits per heavy atom. The van der Waals surface area contributed by atoms with Gasteiger partial charge in [-0.3, -0.25) is 4.79 Å². The zero-order valence-corrected chi connectivity index (χ0v) is 12.2. The Morgan fingerprint density at radius 2 is 1.69 bits per heavy atom. The largest absolute Gasteiger partial charge is 1.00 e. The number of hydrogen-bond donors (Lipinski definition) is 1. The standard InChI is InChI=1S/C6H8O5.2Na.2H/c1-3(7)5(9)11-6(10)4(2)8;;;;/h3,7H,1-2H3;;;;/q;2*+1;2*-1. The van der Waals surface area contributed by atoms with Crippen molar-refractivity contribution in [1.29, 1.82) is 0 Å². The second-order valence-corrected chi connectivity index (χ2v) is 1.94. The molecule has 0 aromatic carbocycles. The topological polar surface area (TPSA) is 80.7 Å². The van der Waals surface area contributed by atoms with E-state index in [1.165, 1.54) is 0 Å². The summed E-state index contributed by atoms with van der Waals surface area (Å²) in [5.41, 5.74) is 0. The van der Waals surface area contributed by atoms with Crippen molar-refractivity contribution in [2.24, 2.45) is 0 Å². The van der Waals surface area contributed by atoms with E-state index in [1.54, 1.807) is 0 Å². The van der Waals surface area contributed by atoms with E-state index in [-0.39, 0.29) is 62.0 Å². The molecule has 0 radical (unpaired) electrons. The van der Waals surface area contributed by atoms with Gasteiger partial charge in [0.15, 0.2) is 0 Å². The van der Waals surface area contributed by atoms with Gasteiger partial charge in [-0.2, -0.15) is 0 Å². The minimum absolute atomic E-state index is 0. The maximum Gasteiger partial charge on any atom is 1.00 e. The second kappa shape index (κ2) is 9.33. The van der Waals surface area contributed by atoms with Gasteiger partial charge in [0.1, 0.15) is 6.10 Å². The summed E-state index contributed by atoms with van der Waals surface area (Å²) in [6, 6.07) is 0. The maximum absolute atomic E-state index is 10.4. The molecule has 0 aromatic heterocycles. The number of ketones is 1. The van der Waals surface area contributed by atoms with Crippen LogP contribution in [-0.2, 0) is 19.1 Å². The molecule has 0 spiro atoms. The van der Waals surface area contributed by atoms with Gasteiger partial charge >= 0.3 is 71.1 Å². The van der Waals surface area contributed by atoms with Crippen LogP contribution in [0.4, 0.5) is 0 Å². The Bertz CT molecular complexity index is 210. The van der Waals surface area contributed by atoms with Crippen LogP contribution in [0.1, 0.15) is 16.7 Å². The summed E-state index contributed by atoms with van der Waals surface area (Å²) in [5, 5.41) is 8.51. The van der Waals surface area contributed by atoms with Crippen molar-refractivity contribution in [2.75, 3.05) is 0 Å². The molecule has 0 saturated carbocycles. The van der Waals surface area contributed by atoms with Crippen LogP contribution in [0.3, 0.4) is 0 Å². The molecule has 0 aliphatic carbocycles. The van der Waals surface area contributed by atoms with E-state index >= 15 is 0 Å². The molecule has 0 saturated heterocycles. The summed E-state index contributed by atoms with van der Waals surface area (Å²) >= 11 is 0. The van der Waals surface area contributed by atoms with Crippen LogP contribution < -0.4 is 59.1 Å². The summed E-state index contributed by atoms with van der Waals surface area (Å²) in [6.07, 6.45) is -1.39. The van der Waals surface area contributed by atoms with Gasteiger partial charge in [-0.15, -0.1) is 0 Å². The Hall–Kier alpha value is 0.770. The van der Waals surface area contributed by atoms with Crippen molar-refractivity contribution in [2.45, 2.75) is 20.0 Å². The molecular formula is C6H10Na2O5. The third-order valence-electron chi connectivity index (χ3n) is 0.822. The van der Waals surface area contributed by atoms with Crippen LogP contribution in [0.15, 0.2) is 0 Å². The predicted molar refractivity (Wildman–Crippen MR) is 35.7 cm³/mol. The third-order valence-corrected chi connectivity index (χ3v) is 0.822. The summed E-state index contributed by atoms with van der Waals surface area (Å²) in [6.45, 7) is 2.10. The van der Waals surface area contributed by atoms with Crippen LogP contribution in [0.2, 0.25) is 0 Å². The summed E-state index contributed by atoms with van der Waals surface area (Å²) in [7, 11) is 0. The van der Waals surface area contributed by atoms with Crippen molar-refractivity contribution >= 4 is 17.7 Å². The molecule has 0 aliphatic heterocycles. The first-order valence-corrected chi connectivity index (χ1v) is 2.89. The van der Waals surface area contributed by atoms with Crippen LogP contribution in [-0.4, -0.2) is 28.9 Å². The molecule has 0 aliphatic rings. The van der Waals surface area contributed by atoms with Crippen molar-refractivity contribution in [1.82, 2.24) is 0 Å². The van der Waals surface area contributed by atoms with Crippen LogP contribution in [0.25, 0.3) is 0 Å². The van der Waals surface area contributed by atoms with Gasteiger partial charge < -0.3 is 12.7 Å². The quantitative estimate of drug-likeness (QED) is 0.211. The molecule has 13 heavy (non-hydrogen) atoms. The maximum atomic E-state index is 10.4. The molecule has 1 atom stereocenters. The first-order chi connectivity index (χ1) is 4.95. The van der Waals surface area contributed by atoms with E-state index < -0.39 is 23.8 Å². The molecule has 0 rings (SSSR count). The third kappa shape index (κ3) is 9.08. The smallest absolute Gasteiger partial charge is 1.00 e. The fourth-order valence-electron chi connectivity index (χ4n) is 0.249. The van der Waals surface area contributed by atoms with Crippen molar-refractivity contribution in [3.05, 3.63) is 0 Å². The first kappa shape index (κ1) is 19.4. The zero-order chi connectivity index (χ0) is 9.02. The van der Waals surface area contributed by atoms with E-state index in [1.807, 2.05) is 0 Å². The number of Topliss-reactive ketones (excluding diaryl/α,β-unsaturated/α-hetero) is 1. The van der Waals surface area contributed by atoms with E-state index in [2.05, 4.69) is 4.74 Å². The van der Waals surface area contributed by atoms with E-state index in [4.69, 9.17) is 5.11 Å². The van der Waals surface area contributed by atoms with Gasteiger partial charge in [0, 0.05) is 6.92 Å². The van der Waals surface area contributed by atoms with Crippen LogP contribution in [0, 0.1) is 0 Å². The molecule has 0 aromatic rings. The number of carbonyl (C=O) groups is 3. The molecule has 5 nitrogen and oxygen atoms in total. The van der Waals surface area contributed by atoms with E-state index in [9.17, 15) is 14.4 Å². The van der Waals surface area contributed by atoms with E-state index in [0.29, 0.717) is 0 Å². The van der Waals surface area contributed by atoms with Gasteiger partial charge in [0.25, 0.3) is 0 Å². The van der Waals surface area contributed by atoms with Crippen molar-refractivity contribution in [3.63, 3.8) is 0 Å². The molecule has 0 fully saturated rings. The number of esters is 2. The number of aliphatic hydroxyl groups excluding tert-OH is 1. The first-order valence-electron chi connectivity index (χ1n) is 2.89. The van der Waals surface area contributed by atoms with E-state index in [0.717, 1.165) is 13.8 Å². The Balaban J connectivity index is -0.0000000833. The van der Waals surface area contributed by atoms with Gasteiger partial charge in [0.05, 0.1) is 0 Å². The summed E-state index contributed by atoms with van der Waals surface area (Å²) < 4.78 is 3.90. The fourth-order valence-corrected chi connectivity index (χ4v) is 0.249. The molecule has 66 valence electrons. The van der Waals surface area contributed by atoms with Crippen LogP contribution in [0.5, 0.6) is 0 Å². The van der Waals surface area contributed by atoms with Gasteiger partial charge in [0.2, 0.25) is 5.78 Å². The van der Waals surface area contributed by atoms with Crippen LogP contribution >= 0.6 is 0 Å². The Kier molecular flexibility index (Phi) is 13.9. The molecular weight excluding hydrogens is 198 g/mol. The average Bonchev–Trinajstić information content (AvgIpc) is 1.87. The molecule has 1 N–H and O–H groups in total. The van der Waals surface area contributed by atoms with Gasteiger partial charge in [-0.05, 0) is 6.92 Å². The second-order valence-electron chi connectivity index (χ2n) is 1.94. The van der Waals surface area contributed by atoms with Crippen molar-refractivity contribution in [3.8, 4) is 0 Å². The van der Waals surface area contributed by atoms with Gasteiger partial charge in [-0.1, -0.05) is 0 Å². The normalized spacial score (nSPS) is 10.1. The zero-order valence-electron chi connectivity index (χ0n) is 10.2. The average molecular weight is 208 g/mol. The van der Waals surface area contributed by atoms with Gasteiger partial charge in [-0.25, -0.2) is 9.59 Å². The van der Waals surface area contributed by atoms with Crippen molar-refractivity contribution < 1.29 is 86.2 Å². The summed E-state index contributed by atoms with van der Waals surface area (Å²) in [4.78, 5) is 31.0. The molecule has 7 heteroatoms. The minimum atomic E-state index is -1.39.